The van der Waals surface area contributed by atoms with Crippen molar-refractivity contribution in [3.8, 4) is 11.3 Å². The Hall–Kier alpha value is -2.76. The number of aromatic amines is 1. The van der Waals surface area contributed by atoms with E-state index in [4.69, 9.17) is 5.11 Å². The lowest BCUT2D eigenvalue weighted by Gasteiger charge is -2.20. The number of H-pyrrole nitrogens is 1. The van der Waals surface area contributed by atoms with Gasteiger partial charge < -0.3 is 10.1 Å². The molecule has 24 heavy (non-hydrogen) atoms. The summed E-state index contributed by atoms with van der Waals surface area (Å²) in [4.78, 5) is 14.0. The molecule has 2 N–H and O–H groups in total. The number of aromatic nitrogens is 1. The van der Waals surface area contributed by atoms with Crippen LogP contribution in [-0.2, 0) is 4.79 Å². The maximum absolute atomic E-state index is 13.6. The quantitative estimate of drug-likeness (QED) is 0.709. The number of benzene rings is 2. The summed E-state index contributed by atoms with van der Waals surface area (Å²) in [5.74, 6) is -3.57. The van der Waals surface area contributed by atoms with E-state index in [1.807, 2.05) is 0 Å². The molecular formula is C18H14F3NO2. The first-order chi connectivity index (χ1) is 11.4. The molecule has 0 spiro atoms. The molecule has 3 rings (SSSR count). The van der Waals surface area contributed by atoms with E-state index in [0.717, 1.165) is 0 Å². The number of para-hydroxylation sites is 1. The van der Waals surface area contributed by atoms with Gasteiger partial charge in [0.1, 0.15) is 0 Å². The molecule has 0 fully saturated rings. The minimum Gasteiger partial charge on any atom is -0.481 e. The average Bonchev–Trinajstić information content (AvgIpc) is 2.91. The van der Waals surface area contributed by atoms with Crippen molar-refractivity contribution in [2.45, 2.75) is 18.5 Å². The van der Waals surface area contributed by atoms with Gasteiger partial charge in [-0.25, -0.2) is 0 Å². The summed E-state index contributed by atoms with van der Waals surface area (Å²) >= 11 is 0. The molecule has 0 aliphatic carbocycles. The van der Waals surface area contributed by atoms with E-state index < -0.39 is 24.5 Å². The van der Waals surface area contributed by atoms with Gasteiger partial charge in [-0.2, -0.15) is 13.2 Å². The number of carboxylic acid groups (broad SMARTS) is 1. The number of hydrogen-bond donors (Lipinski definition) is 2. The Balaban J connectivity index is 2.29. The molecule has 0 unspecified atom stereocenters. The largest absolute Gasteiger partial charge is 0.481 e. The summed E-state index contributed by atoms with van der Waals surface area (Å²) in [5, 5.41) is 9.36. The molecule has 6 heteroatoms. The van der Waals surface area contributed by atoms with Crippen LogP contribution in [0.5, 0.6) is 0 Å². The van der Waals surface area contributed by atoms with Gasteiger partial charge in [0.15, 0.2) is 0 Å². The minimum absolute atomic E-state index is 0.0216. The number of fused-ring (bicyclic) bond motifs is 1. The molecule has 0 saturated heterocycles. The lowest BCUT2D eigenvalue weighted by molar-refractivity contribution is -0.163. The van der Waals surface area contributed by atoms with E-state index in [9.17, 15) is 18.0 Å². The Labute approximate surface area is 135 Å². The monoisotopic (exact) mass is 333 g/mol. The third-order valence-electron chi connectivity index (χ3n) is 3.93. The molecule has 0 aliphatic rings. The van der Waals surface area contributed by atoms with E-state index in [1.54, 1.807) is 54.6 Å². The van der Waals surface area contributed by atoms with Crippen LogP contribution in [0.4, 0.5) is 13.2 Å². The maximum atomic E-state index is 13.6. The van der Waals surface area contributed by atoms with E-state index in [1.165, 1.54) is 0 Å². The zero-order valence-corrected chi connectivity index (χ0v) is 12.5. The number of nitrogens with one attached hydrogen (secondary N) is 1. The van der Waals surface area contributed by atoms with Crippen molar-refractivity contribution in [2.24, 2.45) is 0 Å². The fourth-order valence-electron chi connectivity index (χ4n) is 2.91. The van der Waals surface area contributed by atoms with Gasteiger partial charge in [-0.3, -0.25) is 4.79 Å². The SMILES string of the molecule is O=C(O)C[C@@H](c1c(-c2ccccc2)[nH]c2ccccc12)C(F)(F)F. The first-order valence-electron chi connectivity index (χ1n) is 7.32. The summed E-state index contributed by atoms with van der Waals surface area (Å²) in [6.45, 7) is 0. The number of aliphatic carboxylic acids is 1. The second kappa shape index (κ2) is 6.03. The molecule has 0 amide bonds. The normalized spacial score (nSPS) is 13.1. The van der Waals surface area contributed by atoms with Gasteiger partial charge in [0, 0.05) is 10.9 Å². The van der Waals surface area contributed by atoms with Crippen LogP contribution in [0.2, 0.25) is 0 Å². The molecule has 1 atom stereocenters. The molecule has 0 radical (unpaired) electrons. The predicted octanol–water partition coefficient (Wildman–Crippen LogP) is 4.96. The molecule has 1 aromatic heterocycles. The molecular weight excluding hydrogens is 319 g/mol. The van der Waals surface area contributed by atoms with Gasteiger partial charge in [0.2, 0.25) is 0 Å². The van der Waals surface area contributed by atoms with Gasteiger partial charge in [0.25, 0.3) is 0 Å². The van der Waals surface area contributed by atoms with Crippen LogP contribution in [-0.4, -0.2) is 22.2 Å². The van der Waals surface area contributed by atoms with Gasteiger partial charge in [-0.1, -0.05) is 48.5 Å². The summed E-state index contributed by atoms with van der Waals surface area (Å²) in [5.41, 5.74) is 1.42. The first-order valence-corrected chi connectivity index (χ1v) is 7.32. The van der Waals surface area contributed by atoms with Crippen molar-refractivity contribution in [2.75, 3.05) is 0 Å². The van der Waals surface area contributed by atoms with Crippen LogP contribution in [0.3, 0.4) is 0 Å². The van der Waals surface area contributed by atoms with Crippen LogP contribution in [0.25, 0.3) is 22.2 Å². The topological polar surface area (TPSA) is 53.1 Å². The lowest BCUT2D eigenvalue weighted by atomic mass is 9.90. The van der Waals surface area contributed by atoms with Gasteiger partial charge in [0.05, 0.1) is 18.0 Å². The van der Waals surface area contributed by atoms with Crippen LogP contribution >= 0.6 is 0 Å². The number of carboxylic acids is 1. The summed E-state index contributed by atoms with van der Waals surface area (Å²) in [6.07, 6.45) is -5.67. The highest BCUT2D eigenvalue weighted by Gasteiger charge is 2.44. The zero-order chi connectivity index (χ0) is 17.3. The average molecular weight is 333 g/mol. The molecule has 3 nitrogen and oxygen atoms in total. The van der Waals surface area contributed by atoms with Gasteiger partial charge in [-0.05, 0) is 17.2 Å². The Morgan fingerprint density at radius 2 is 1.67 bits per heavy atom. The number of alkyl halides is 3. The van der Waals surface area contributed by atoms with Crippen molar-refractivity contribution < 1.29 is 23.1 Å². The molecule has 124 valence electrons. The molecule has 0 bridgehead atoms. The molecule has 0 saturated carbocycles. The third kappa shape index (κ3) is 2.99. The number of halogens is 3. The maximum Gasteiger partial charge on any atom is 0.396 e. The van der Waals surface area contributed by atoms with Crippen molar-refractivity contribution in [3.63, 3.8) is 0 Å². The molecule has 2 aromatic carbocycles. The van der Waals surface area contributed by atoms with E-state index in [0.29, 0.717) is 22.2 Å². The van der Waals surface area contributed by atoms with Gasteiger partial charge in [-0.15, -0.1) is 0 Å². The van der Waals surface area contributed by atoms with Crippen molar-refractivity contribution in [3.05, 3.63) is 60.2 Å². The van der Waals surface area contributed by atoms with Crippen LogP contribution in [0.1, 0.15) is 17.9 Å². The smallest absolute Gasteiger partial charge is 0.396 e. The van der Waals surface area contributed by atoms with Crippen molar-refractivity contribution >= 4 is 16.9 Å². The molecule has 0 aliphatic heterocycles. The fourth-order valence-corrected chi connectivity index (χ4v) is 2.91. The summed E-state index contributed by atoms with van der Waals surface area (Å²) in [7, 11) is 0. The summed E-state index contributed by atoms with van der Waals surface area (Å²) in [6, 6.07) is 15.2. The first kappa shape index (κ1) is 16.1. The number of rotatable bonds is 4. The Morgan fingerprint density at radius 3 is 2.29 bits per heavy atom. The second-order valence-corrected chi connectivity index (χ2v) is 5.52. The van der Waals surface area contributed by atoms with Crippen molar-refractivity contribution in [1.82, 2.24) is 4.98 Å². The van der Waals surface area contributed by atoms with Crippen LogP contribution < -0.4 is 0 Å². The second-order valence-electron chi connectivity index (χ2n) is 5.52. The van der Waals surface area contributed by atoms with Crippen LogP contribution in [0.15, 0.2) is 54.6 Å². The zero-order valence-electron chi connectivity index (χ0n) is 12.5. The highest BCUT2D eigenvalue weighted by molar-refractivity contribution is 5.92. The Bertz CT molecular complexity index is 869. The predicted molar refractivity (Wildman–Crippen MR) is 84.8 cm³/mol. The highest BCUT2D eigenvalue weighted by atomic mass is 19.4. The van der Waals surface area contributed by atoms with Crippen LogP contribution in [0, 0.1) is 0 Å². The Kier molecular flexibility index (Phi) is 4.05. The fraction of sp³-hybridized carbons (Fsp3) is 0.167. The summed E-state index contributed by atoms with van der Waals surface area (Å²) < 4.78 is 40.8. The van der Waals surface area contributed by atoms with Gasteiger partial charge >= 0.3 is 12.1 Å². The van der Waals surface area contributed by atoms with E-state index >= 15 is 0 Å². The third-order valence-corrected chi connectivity index (χ3v) is 3.93. The lowest BCUT2D eigenvalue weighted by Crippen LogP contribution is -2.24. The van der Waals surface area contributed by atoms with E-state index in [2.05, 4.69) is 4.98 Å². The number of hydrogen-bond acceptors (Lipinski definition) is 1. The number of carbonyl (C=O) groups is 1. The standard InChI is InChI=1S/C18H14F3NO2/c19-18(20,21)13(10-15(23)24)16-12-8-4-5-9-14(12)22-17(16)11-6-2-1-3-7-11/h1-9,13,22H,10H2,(H,23,24)/t13-/m0/s1. The van der Waals surface area contributed by atoms with E-state index in [-0.39, 0.29) is 5.56 Å². The highest BCUT2D eigenvalue weighted by Crippen LogP contribution is 2.45. The Morgan fingerprint density at radius 1 is 1.04 bits per heavy atom. The molecule has 1 heterocycles. The minimum atomic E-state index is -4.66. The molecule has 3 aromatic rings. The van der Waals surface area contributed by atoms with Crippen molar-refractivity contribution in [1.29, 1.82) is 0 Å².